The average Bonchev–Trinajstić information content (AvgIpc) is 2.41. The monoisotopic (exact) mass is 274 g/mol. The molecule has 6 heteroatoms. The second-order valence-corrected chi connectivity index (χ2v) is 4.91. The minimum atomic E-state index is -0.513. The van der Waals surface area contributed by atoms with E-state index in [-0.39, 0.29) is 26.4 Å². The molecule has 1 aliphatic carbocycles. The summed E-state index contributed by atoms with van der Waals surface area (Å²) in [5, 5.41) is 17.3. The van der Waals surface area contributed by atoms with Crippen LogP contribution in [0.4, 0.5) is 0 Å². The highest BCUT2D eigenvalue weighted by atomic mass is 16.5. The fourth-order valence-electron chi connectivity index (χ4n) is 2.43. The van der Waals surface area contributed by atoms with Gasteiger partial charge in [-0.25, -0.2) is 0 Å². The van der Waals surface area contributed by atoms with Gasteiger partial charge in [-0.15, -0.1) is 0 Å². The van der Waals surface area contributed by atoms with Crippen molar-refractivity contribution >= 4 is 11.9 Å². The van der Waals surface area contributed by atoms with Crippen molar-refractivity contribution in [3.63, 3.8) is 0 Å². The summed E-state index contributed by atoms with van der Waals surface area (Å²) in [6, 6.07) is 0. The molecule has 3 unspecified atom stereocenters. The Morgan fingerprint density at radius 1 is 1.00 bits per heavy atom. The number of ether oxygens (including phenoxy) is 2. The third-order valence-corrected chi connectivity index (χ3v) is 3.39. The Hall–Kier alpha value is -1.14. The summed E-state index contributed by atoms with van der Waals surface area (Å²) in [4.78, 5) is 23.8. The highest BCUT2D eigenvalue weighted by Crippen LogP contribution is 2.35. The summed E-state index contributed by atoms with van der Waals surface area (Å²) in [5.74, 6) is -1.57. The van der Waals surface area contributed by atoms with Gasteiger partial charge in [0.1, 0.15) is 13.2 Å². The molecule has 0 aromatic carbocycles. The van der Waals surface area contributed by atoms with Gasteiger partial charge >= 0.3 is 11.9 Å². The molecule has 0 bridgehead atoms. The van der Waals surface area contributed by atoms with Crippen LogP contribution in [0.5, 0.6) is 0 Å². The number of hydrogen-bond donors (Lipinski definition) is 2. The van der Waals surface area contributed by atoms with Gasteiger partial charge in [0, 0.05) is 0 Å². The van der Waals surface area contributed by atoms with Gasteiger partial charge in [-0.2, -0.15) is 0 Å². The van der Waals surface area contributed by atoms with E-state index in [1.165, 1.54) is 0 Å². The average molecular weight is 274 g/mol. The van der Waals surface area contributed by atoms with Crippen molar-refractivity contribution in [2.75, 3.05) is 26.4 Å². The third-order valence-electron chi connectivity index (χ3n) is 3.39. The first-order valence-corrected chi connectivity index (χ1v) is 6.65. The van der Waals surface area contributed by atoms with E-state index in [4.69, 9.17) is 19.7 Å². The second kappa shape index (κ2) is 8.12. The standard InChI is InChI=1S/C13H22O6/c1-9-2-3-10(12(16)18-6-4-14)11(8-9)13(17)19-7-5-15/h9-11,14-15H,2-8H2,1H3. The molecule has 6 nitrogen and oxygen atoms in total. The van der Waals surface area contributed by atoms with Gasteiger partial charge in [0.25, 0.3) is 0 Å². The fourth-order valence-corrected chi connectivity index (χ4v) is 2.43. The van der Waals surface area contributed by atoms with Crippen LogP contribution in [0.3, 0.4) is 0 Å². The van der Waals surface area contributed by atoms with Crippen molar-refractivity contribution in [2.45, 2.75) is 26.2 Å². The van der Waals surface area contributed by atoms with E-state index in [0.29, 0.717) is 18.8 Å². The highest BCUT2D eigenvalue weighted by Gasteiger charge is 2.39. The van der Waals surface area contributed by atoms with Crippen LogP contribution >= 0.6 is 0 Å². The first kappa shape index (κ1) is 15.9. The van der Waals surface area contributed by atoms with Crippen molar-refractivity contribution in [1.82, 2.24) is 0 Å². The Balaban J connectivity index is 2.64. The predicted molar refractivity (Wildman–Crippen MR) is 66.1 cm³/mol. The molecule has 0 aromatic heterocycles. The highest BCUT2D eigenvalue weighted by molar-refractivity contribution is 5.82. The van der Waals surface area contributed by atoms with Crippen LogP contribution in [-0.4, -0.2) is 48.6 Å². The molecule has 0 saturated heterocycles. The molecule has 2 N–H and O–H groups in total. The van der Waals surface area contributed by atoms with Crippen LogP contribution in [0.25, 0.3) is 0 Å². The minimum absolute atomic E-state index is 0.0523. The van der Waals surface area contributed by atoms with E-state index < -0.39 is 23.8 Å². The van der Waals surface area contributed by atoms with Gasteiger partial charge in [0.15, 0.2) is 0 Å². The SMILES string of the molecule is CC1CCC(C(=O)OCCO)C(C(=O)OCCO)C1. The van der Waals surface area contributed by atoms with Crippen LogP contribution < -0.4 is 0 Å². The molecule has 0 spiro atoms. The molecule has 110 valence electrons. The number of rotatable bonds is 6. The summed E-state index contributed by atoms with van der Waals surface area (Å²) >= 11 is 0. The molecule has 1 fully saturated rings. The predicted octanol–water partition coefficient (Wildman–Crippen LogP) is 0.110. The number of aliphatic hydroxyl groups is 2. The van der Waals surface area contributed by atoms with Crippen LogP contribution in [0.2, 0.25) is 0 Å². The number of carbonyl (C=O) groups excluding carboxylic acids is 2. The summed E-state index contributed by atoms with van der Waals surface area (Å²) in [6.45, 7) is 1.47. The number of hydrogen-bond acceptors (Lipinski definition) is 6. The molecule has 1 aliphatic rings. The van der Waals surface area contributed by atoms with Gasteiger partial charge in [-0.05, 0) is 25.2 Å². The number of carbonyl (C=O) groups is 2. The molecule has 0 heterocycles. The zero-order valence-corrected chi connectivity index (χ0v) is 11.2. The van der Waals surface area contributed by atoms with E-state index in [1.807, 2.05) is 6.92 Å². The van der Waals surface area contributed by atoms with Crippen molar-refractivity contribution < 1.29 is 29.3 Å². The van der Waals surface area contributed by atoms with Gasteiger partial charge in [0.2, 0.25) is 0 Å². The summed E-state index contributed by atoms with van der Waals surface area (Å²) in [5.41, 5.74) is 0. The van der Waals surface area contributed by atoms with Crippen molar-refractivity contribution in [2.24, 2.45) is 17.8 Å². The van der Waals surface area contributed by atoms with Crippen LogP contribution in [0.1, 0.15) is 26.2 Å². The van der Waals surface area contributed by atoms with Crippen LogP contribution in [0.15, 0.2) is 0 Å². The lowest BCUT2D eigenvalue weighted by molar-refractivity contribution is -0.164. The topological polar surface area (TPSA) is 93.1 Å². The van der Waals surface area contributed by atoms with E-state index in [2.05, 4.69) is 0 Å². The Labute approximate surface area is 112 Å². The molecule has 3 atom stereocenters. The van der Waals surface area contributed by atoms with Gasteiger partial charge in [-0.1, -0.05) is 6.92 Å². The minimum Gasteiger partial charge on any atom is -0.463 e. The lowest BCUT2D eigenvalue weighted by Crippen LogP contribution is -2.37. The quantitative estimate of drug-likeness (QED) is 0.668. The zero-order valence-electron chi connectivity index (χ0n) is 11.2. The molecule has 1 rings (SSSR count). The summed E-state index contributed by atoms with van der Waals surface area (Å²) < 4.78 is 9.82. The molecule has 19 heavy (non-hydrogen) atoms. The molecule has 1 saturated carbocycles. The molecular weight excluding hydrogens is 252 g/mol. The number of aliphatic hydroxyl groups excluding tert-OH is 2. The Kier molecular flexibility index (Phi) is 6.80. The number of esters is 2. The zero-order chi connectivity index (χ0) is 14.3. The molecule has 0 aromatic rings. The van der Waals surface area contributed by atoms with E-state index >= 15 is 0 Å². The summed E-state index contributed by atoms with van der Waals surface area (Å²) in [6.07, 6.45) is 2.04. The van der Waals surface area contributed by atoms with Crippen molar-refractivity contribution in [3.8, 4) is 0 Å². The van der Waals surface area contributed by atoms with Gasteiger partial charge in [0.05, 0.1) is 25.0 Å². The maximum absolute atomic E-state index is 11.9. The van der Waals surface area contributed by atoms with E-state index in [9.17, 15) is 9.59 Å². The Bertz CT molecular complexity index is 304. The maximum Gasteiger partial charge on any atom is 0.309 e. The van der Waals surface area contributed by atoms with E-state index in [0.717, 1.165) is 6.42 Å². The van der Waals surface area contributed by atoms with Gasteiger partial charge < -0.3 is 19.7 Å². The first-order valence-electron chi connectivity index (χ1n) is 6.65. The molecule has 0 amide bonds. The third kappa shape index (κ3) is 4.80. The molecule has 0 radical (unpaired) electrons. The Morgan fingerprint density at radius 3 is 2.05 bits per heavy atom. The second-order valence-electron chi connectivity index (χ2n) is 4.91. The van der Waals surface area contributed by atoms with Crippen LogP contribution in [-0.2, 0) is 19.1 Å². The lowest BCUT2D eigenvalue weighted by Gasteiger charge is -2.31. The molecular formula is C13H22O6. The maximum atomic E-state index is 11.9. The van der Waals surface area contributed by atoms with Gasteiger partial charge in [-0.3, -0.25) is 9.59 Å². The van der Waals surface area contributed by atoms with Crippen LogP contribution in [0, 0.1) is 17.8 Å². The normalized spacial score (nSPS) is 26.8. The fraction of sp³-hybridized carbons (Fsp3) is 0.846. The first-order chi connectivity index (χ1) is 9.10. The Morgan fingerprint density at radius 2 is 1.53 bits per heavy atom. The van der Waals surface area contributed by atoms with Crippen molar-refractivity contribution in [1.29, 1.82) is 0 Å². The largest absolute Gasteiger partial charge is 0.463 e. The van der Waals surface area contributed by atoms with E-state index in [1.54, 1.807) is 0 Å². The lowest BCUT2D eigenvalue weighted by atomic mass is 9.74. The smallest absolute Gasteiger partial charge is 0.309 e. The molecule has 0 aliphatic heterocycles. The summed E-state index contributed by atoms with van der Waals surface area (Å²) in [7, 11) is 0. The van der Waals surface area contributed by atoms with Crippen molar-refractivity contribution in [3.05, 3.63) is 0 Å².